The third kappa shape index (κ3) is 2.99. The van der Waals surface area contributed by atoms with E-state index < -0.39 is 6.04 Å². The van der Waals surface area contributed by atoms with Gasteiger partial charge in [-0.3, -0.25) is 14.7 Å². The highest BCUT2D eigenvalue weighted by Crippen LogP contribution is 2.25. The standard InChI is InChI=1S/C19H19N5O2/c1-11(18(25)22-13-6-7-15-12(10-13)8-9-20-15)21-19(26)17-14-4-2-3-5-16(14)23-24-17/h2-7,10-11,20H,8-9H2,1H3,(H,21,26)(H,22,25)(H,23,24). The second-order valence-corrected chi connectivity index (χ2v) is 6.35. The topological polar surface area (TPSA) is 98.9 Å². The summed E-state index contributed by atoms with van der Waals surface area (Å²) in [6, 6.07) is 12.4. The van der Waals surface area contributed by atoms with Crippen molar-refractivity contribution in [2.24, 2.45) is 0 Å². The van der Waals surface area contributed by atoms with Crippen LogP contribution in [0.15, 0.2) is 42.5 Å². The van der Waals surface area contributed by atoms with Gasteiger partial charge in [-0.25, -0.2) is 0 Å². The van der Waals surface area contributed by atoms with E-state index in [0.29, 0.717) is 0 Å². The molecule has 0 radical (unpaired) electrons. The van der Waals surface area contributed by atoms with Crippen LogP contribution in [0.3, 0.4) is 0 Å². The number of nitrogens with one attached hydrogen (secondary N) is 4. The van der Waals surface area contributed by atoms with Gasteiger partial charge in [-0.05, 0) is 43.2 Å². The average molecular weight is 349 g/mol. The van der Waals surface area contributed by atoms with E-state index in [4.69, 9.17) is 0 Å². The third-order valence-electron chi connectivity index (χ3n) is 4.51. The molecule has 4 N–H and O–H groups in total. The quantitative estimate of drug-likeness (QED) is 0.581. The average Bonchev–Trinajstić information content (AvgIpc) is 3.27. The minimum atomic E-state index is -0.690. The molecule has 2 aromatic carbocycles. The molecule has 0 aliphatic carbocycles. The summed E-state index contributed by atoms with van der Waals surface area (Å²) in [6.07, 6.45) is 0.942. The summed E-state index contributed by atoms with van der Waals surface area (Å²) in [4.78, 5) is 24.9. The molecule has 26 heavy (non-hydrogen) atoms. The lowest BCUT2D eigenvalue weighted by atomic mass is 10.1. The largest absolute Gasteiger partial charge is 0.384 e. The van der Waals surface area contributed by atoms with Crippen LogP contribution in [0.5, 0.6) is 0 Å². The fourth-order valence-electron chi connectivity index (χ4n) is 3.10. The summed E-state index contributed by atoms with van der Waals surface area (Å²) < 4.78 is 0. The molecule has 0 spiro atoms. The van der Waals surface area contributed by atoms with E-state index in [-0.39, 0.29) is 17.5 Å². The van der Waals surface area contributed by atoms with E-state index in [0.717, 1.165) is 35.2 Å². The molecule has 1 aliphatic rings. The maximum absolute atomic E-state index is 12.5. The Hall–Kier alpha value is -3.35. The van der Waals surface area contributed by atoms with Crippen molar-refractivity contribution >= 4 is 34.1 Å². The molecule has 0 bridgehead atoms. The number of hydrogen-bond donors (Lipinski definition) is 4. The number of H-pyrrole nitrogens is 1. The summed E-state index contributed by atoms with van der Waals surface area (Å²) in [7, 11) is 0. The first-order chi connectivity index (χ1) is 12.6. The smallest absolute Gasteiger partial charge is 0.273 e. The van der Waals surface area contributed by atoms with Crippen molar-refractivity contribution in [3.63, 3.8) is 0 Å². The molecule has 1 atom stereocenters. The zero-order chi connectivity index (χ0) is 18.1. The molecular formula is C19H19N5O2. The van der Waals surface area contributed by atoms with Gasteiger partial charge in [0, 0.05) is 23.3 Å². The molecule has 0 saturated carbocycles. The highest BCUT2D eigenvalue weighted by molar-refractivity contribution is 6.07. The summed E-state index contributed by atoms with van der Waals surface area (Å²) in [5, 5.41) is 16.4. The maximum atomic E-state index is 12.5. The van der Waals surface area contributed by atoms with Gasteiger partial charge in [-0.15, -0.1) is 0 Å². The predicted octanol–water partition coefficient (Wildman–Crippen LogP) is 2.29. The van der Waals surface area contributed by atoms with Crippen molar-refractivity contribution in [2.45, 2.75) is 19.4 Å². The van der Waals surface area contributed by atoms with Crippen LogP contribution in [-0.4, -0.2) is 34.6 Å². The van der Waals surface area contributed by atoms with Crippen LogP contribution in [0.2, 0.25) is 0 Å². The van der Waals surface area contributed by atoms with Crippen LogP contribution in [0.25, 0.3) is 10.9 Å². The lowest BCUT2D eigenvalue weighted by Crippen LogP contribution is -2.41. The Morgan fingerprint density at radius 3 is 2.92 bits per heavy atom. The minimum absolute atomic E-state index is 0.274. The zero-order valence-electron chi connectivity index (χ0n) is 14.3. The number of carbonyl (C=O) groups is 2. The van der Waals surface area contributed by atoms with Gasteiger partial charge >= 0.3 is 0 Å². The lowest BCUT2D eigenvalue weighted by molar-refractivity contribution is -0.117. The number of benzene rings is 2. The molecule has 7 nitrogen and oxygen atoms in total. The SMILES string of the molecule is CC(NC(=O)c1n[nH]c2ccccc12)C(=O)Nc1ccc2c(c1)CCN2. The number of para-hydroxylation sites is 1. The van der Waals surface area contributed by atoms with Crippen molar-refractivity contribution in [2.75, 3.05) is 17.2 Å². The summed E-state index contributed by atoms with van der Waals surface area (Å²) in [6.45, 7) is 2.56. The fraction of sp³-hybridized carbons (Fsp3) is 0.211. The predicted molar refractivity (Wildman–Crippen MR) is 100 cm³/mol. The summed E-state index contributed by atoms with van der Waals surface area (Å²) >= 11 is 0. The van der Waals surface area contributed by atoms with Crippen LogP contribution in [0, 0.1) is 0 Å². The molecule has 1 aliphatic heterocycles. The molecule has 4 rings (SSSR count). The molecule has 0 saturated heterocycles. The van der Waals surface area contributed by atoms with Crippen LogP contribution >= 0.6 is 0 Å². The van der Waals surface area contributed by atoms with Crippen molar-refractivity contribution in [3.8, 4) is 0 Å². The number of aromatic nitrogens is 2. The van der Waals surface area contributed by atoms with E-state index in [2.05, 4.69) is 26.1 Å². The van der Waals surface area contributed by atoms with Gasteiger partial charge in [0.25, 0.3) is 5.91 Å². The van der Waals surface area contributed by atoms with E-state index >= 15 is 0 Å². The number of rotatable bonds is 4. The maximum Gasteiger partial charge on any atom is 0.273 e. The van der Waals surface area contributed by atoms with Crippen molar-refractivity contribution in [1.29, 1.82) is 0 Å². The van der Waals surface area contributed by atoms with Crippen LogP contribution < -0.4 is 16.0 Å². The lowest BCUT2D eigenvalue weighted by Gasteiger charge is -2.14. The van der Waals surface area contributed by atoms with E-state index in [9.17, 15) is 9.59 Å². The Morgan fingerprint density at radius 1 is 1.19 bits per heavy atom. The van der Waals surface area contributed by atoms with Gasteiger partial charge in [-0.2, -0.15) is 5.10 Å². The van der Waals surface area contributed by atoms with Crippen LogP contribution in [0.4, 0.5) is 11.4 Å². The minimum Gasteiger partial charge on any atom is -0.384 e. The summed E-state index contributed by atoms with van der Waals surface area (Å²) in [5.74, 6) is -0.660. The number of anilines is 2. The molecule has 2 heterocycles. The monoisotopic (exact) mass is 349 g/mol. The second kappa shape index (κ2) is 6.51. The van der Waals surface area contributed by atoms with Gasteiger partial charge < -0.3 is 16.0 Å². The van der Waals surface area contributed by atoms with Crippen LogP contribution in [-0.2, 0) is 11.2 Å². The van der Waals surface area contributed by atoms with Crippen molar-refractivity contribution in [1.82, 2.24) is 15.5 Å². The molecule has 3 aromatic rings. The van der Waals surface area contributed by atoms with Gasteiger partial charge in [-0.1, -0.05) is 18.2 Å². The first-order valence-electron chi connectivity index (χ1n) is 8.53. The van der Waals surface area contributed by atoms with E-state index in [1.54, 1.807) is 6.92 Å². The highest BCUT2D eigenvalue weighted by atomic mass is 16.2. The molecule has 132 valence electrons. The number of hydrogen-bond acceptors (Lipinski definition) is 4. The Bertz CT molecular complexity index is 995. The van der Waals surface area contributed by atoms with E-state index in [1.807, 2.05) is 42.5 Å². The van der Waals surface area contributed by atoms with Gasteiger partial charge in [0.2, 0.25) is 5.91 Å². The molecule has 2 amide bonds. The van der Waals surface area contributed by atoms with Gasteiger partial charge in [0.15, 0.2) is 5.69 Å². The normalized spacial score (nSPS) is 13.7. The van der Waals surface area contributed by atoms with Crippen molar-refractivity contribution < 1.29 is 9.59 Å². The van der Waals surface area contributed by atoms with Crippen LogP contribution in [0.1, 0.15) is 23.0 Å². The third-order valence-corrected chi connectivity index (χ3v) is 4.51. The van der Waals surface area contributed by atoms with E-state index in [1.165, 1.54) is 5.56 Å². The molecule has 1 unspecified atom stereocenters. The Morgan fingerprint density at radius 2 is 2.04 bits per heavy atom. The van der Waals surface area contributed by atoms with Gasteiger partial charge in [0.1, 0.15) is 6.04 Å². The Labute approximate surface area is 150 Å². The Balaban J connectivity index is 1.43. The fourth-order valence-corrected chi connectivity index (χ4v) is 3.10. The first-order valence-corrected chi connectivity index (χ1v) is 8.53. The molecular weight excluding hydrogens is 330 g/mol. The van der Waals surface area contributed by atoms with Crippen molar-refractivity contribution in [3.05, 3.63) is 53.7 Å². The number of aromatic amines is 1. The molecule has 1 aromatic heterocycles. The Kier molecular flexibility index (Phi) is 4.04. The number of nitrogens with zero attached hydrogens (tertiary/aromatic N) is 1. The zero-order valence-corrected chi connectivity index (χ0v) is 14.3. The molecule has 7 heteroatoms. The molecule has 0 fully saturated rings. The summed E-state index contributed by atoms with van der Waals surface area (Å²) in [5.41, 5.74) is 4.08. The number of carbonyl (C=O) groups excluding carboxylic acids is 2. The van der Waals surface area contributed by atoms with Gasteiger partial charge in [0.05, 0.1) is 5.52 Å². The number of fused-ring (bicyclic) bond motifs is 2. The number of amides is 2. The highest BCUT2D eigenvalue weighted by Gasteiger charge is 2.20. The second-order valence-electron chi connectivity index (χ2n) is 6.35. The first kappa shape index (κ1) is 16.1.